The number of hydrogen-bond donors (Lipinski definition) is 2. The topological polar surface area (TPSA) is 95.9 Å². The zero-order chi connectivity index (χ0) is 22.4. The molecular weight excluding hydrogens is 408 g/mol. The molecule has 2 N–H and O–H groups in total. The molecule has 4 atom stereocenters. The molecule has 2 aromatic rings. The molecule has 2 aliphatic heterocycles. The lowest BCUT2D eigenvalue weighted by Gasteiger charge is -2.26. The van der Waals surface area contributed by atoms with Crippen molar-refractivity contribution in [3.8, 4) is 11.1 Å². The number of nitrogens with zero attached hydrogens (tertiary/aromatic N) is 1. The van der Waals surface area contributed by atoms with E-state index in [2.05, 4.69) is 29.6 Å². The number of carboxylic acids is 1. The molecule has 5 rings (SSSR count). The zero-order valence-corrected chi connectivity index (χ0v) is 17.9. The van der Waals surface area contributed by atoms with Gasteiger partial charge in [0.15, 0.2) is 0 Å². The summed E-state index contributed by atoms with van der Waals surface area (Å²) < 4.78 is 5.54. The van der Waals surface area contributed by atoms with Crippen LogP contribution >= 0.6 is 0 Å². The van der Waals surface area contributed by atoms with E-state index in [1.54, 1.807) is 11.8 Å². The molecule has 2 bridgehead atoms. The summed E-state index contributed by atoms with van der Waals surface area (Å²) in [7, 11) is 0. The minimum Gasteiger partial charge on any atom is -0.481 e. The molecule has 7 heteroatoms. The first kappa shape index (κ1) is 20.5. The largest absolute Gasteiger partial charge is 0.481 e. The van der Waals surface area contributed by atoms with Crippen molar-refractivity contribution in [1.82, 2.24) is 10.2 Å². The van der Waals surface area contributed by atoms with Crippen molar-refractivity contribution >= 4 is 18.0 Å². The van der Waals surface area contributed by atoms with Gasteiger partial charge in [0, 0.05) is 18.0 Å². The Morgan fingerprint density at radius 2 is 1.69 bits per heavy atom. The summed E-state index contributed by atoms with van der Waals surface area (Å²) in [4.78, 5) is 38.6. The van der Waals surface area contributed by atoms with Gasteiger partial charge in [-0.1, -0.05) is 48.5 Å². The first-order valence-electron chi connectivity index (χ1n) is 11.1. The maximum absolute atomic E-state index is 13.0. The fourth-order valence-electron chi connectivity index (χ4n) is 5.70. The summed E-state index contributed by atoms with van der Waals surface area (Å²) >= 11 is 0. The minimum atomic E-state index is -0.854. The van der Waals surface area contributed by atoms with Crippen LogP contribution in [0, 0.1) is 5.92 Å². The molecule has 7 nitrogen and oxygen atoms in total. The van der Waals surface area contributed by atoms with Gasteiger partial charge in [0.05, 0.1) is 5.92 Å². The van der Waals surface area contributed by atoms with Crippen LogP contribution in [0.25, 0.3) is 11.1 Å². The van der Waals surface area contributed by atoms with Gasteiger partial charge >= 0.3 is 12.1 Å². The standard InChI is InChI=1S/C25H26N2O5/c1-14(23(28)27-15-10-11-22(27)20(12-15)24(29)30)26-25(31)32-13-21-18-8-4-2-6-16(18)17-7-3-5-9-19(17)21/h2-9,14-15,20-22H,10-13H2,1H3,(H,26,31)(H,29,30)/t14?,15-,20+,22+/m1/s1. The second-order valence-corrected chi connectivity index (χ2v) is 8.92. The van der Waals surface area contributed by atoms with Crippen molar-refractivity contribution in [3.63, 3.8) is 0 Å². The van der Waals surface area contributed by atoms with Gasteiger partial charge in [-0.2, -0.15) is 0 Å². The minimum absolute atomic E-state index is 0.0510. The summed E-state index contributed by atoms with van der Waals surface area (Å²) in [5.41, 5.74) is 4.55. The predicted octanol–water partition coefficient (Wildman–Crippen LogP) is 3.38. The maximum Gasteiger partial charge on any atom is 0.407 e. The lowest BCUT2D eigenvalue weighted by Crippen LogP contribution is -2.49. The smallest absolute Gasteiger partial charge is 0.407 e. The van der Waals surface area contributed by atoms with E-state index in [-0.39, 0.29) is 30.5 Å². The molecule has 2 fully saturated rings. The fraction of sp³-hybridized carbons (Fsp3) is 0.400. The van der Waals surface area contributed by atoms with Gasteiger partial charge in [-0.3, -0.25) is 9.59 Å². The van der Waals surface area contributed by atoms with E-state index in [0.717, 1.165) is 28.7 Å². The normalized spacial score (nSPS) is 24.0. The third-order valence-electron chi connectivity index (χ3n) is 7.16. The Labute approximate surface area is 186 Å². The van der Waals surface area contributed by atoms with E-state index in [1.165, 1.54) is 0 Å². The van der Waals surface area contributed by atoms with Crippen molar-refractivity contribution in [3.05, 3.63) is 59.7 Å². The van der Waals surface area contributed by atoms with E-state index in [0.29, 0.717) is 12.8 Å². The number of amides is 2. The maximum atomic E-state index is 13.0. The van der Waals surface area contributed by atoms with E-state index in [4.69, 9.17) is 4.74 Å². The lowest BCUT2D eigenvalue weighted by atomic mass is 9.89. The van der Waals surface area contributed by atoms with E-state index >= 15 is 0 Å². The molecule has 2 aromatic carbocycles. The number of rotatable bonds is 5. The number of hydrogen-bond acceptors (Lipinski definition) is 4. The highest BCUT2D eigenvalue weighted by molar-refractivity contribution is 5.87. The van der Waals surface area contributed by atoms with Crippen LogP contribution in [0.3, 0.4) is 0 Å². The van der Waals surface area contributed by atoms with Crippen LogP contribution in [0.2, 0.25) is 0 Å². The lowest BCUT2D eigenvalue weighted by molar-refractivity contribution is -0.143. The van der Waals surface area contributed by atoms with Gasteiger partial charge in [0.25, 0.3) is 0 Å². The molecule has 0 saturated carbocycles. The highest BCUT2D eigenvalue weighted by Crippen LogP contribution is 2.44. The SMILES string of the molecule is CC(NC(=O)OCC1c2ccccc2-c2ccccc21)C(=O)N1[C@@H]2CC[C@H]1[C@@H](C(=O)O)C2. The Balaban J connectivity index is 1.22. The van der Waals surface area contributed by atoms with Gasteiger partial charge in [-0.05, 0) is 48.4 Å². The number of benzene rings is 2. The molecule has 166 valence electrons. The van der Waals surface area contributed by atoms with E-state index in [9.17, 15) is 19.5 Å². The molecular formula is C25H26N2O5. The van der Waals surface area contributed by atoms with Crippen LogP contribution in [0.5, 0.6) is 0 Å². The summed E-state index contributed by atoms with van der Waals surface area (Å²) in [5.74, 6) is -1.66. The molecule has 1 aliphatic carbocycles. The highest BCUT2D eigenvalue weighted by Gasteiger charge is 2.52. The first-order valence-corrected chi connectivity index (χ1v) is 11.1. The zero-order valence-electron chi connectivity index (χ0n) is 17.9. The number of carboxylic acid groups (broad SMARTS) is 1. The average molecular weight is 434 g/mol. The van der Waals surface area contributed by atoms with Crippen molar-refractivity contribution in [2.75, 3.05) is 6.61 Å². The molecule has 0 radical (unpaired) electrons. The van der Waals surface area contributed by atoms with Crippen LogP contribution in [-0.2, 0) is 14.3 Å². The monoisotopic (exact) mass is 434 g/mol. The van der Waals surface area contributed by atoms with Crippen molar-refractivity contribution in [2.45, 2.75) is 50.2 Å². The molecule has 2 saturated heterocycles. The number of carbonyl (C=O) groups is 3. The molecule has 0 aromatic heterocycles. The molecule has 2 heterocycles. The molecule has 1 unspecified atom stereocenters. The highest BCUT2D eigenvalue weighted by atomic mass is 16.5. The Bertz CT molecular complexity index is 1040. The quantitative estimate of drug-likeness (QED) is 0.752. The second kappa shape index (κ2) is 7.97. The Kier molecular flexibility index (Phi) is 5.12. The van der Waals surface area contributed by atoms with Crippen molar-refractivity contribution in [1.29, 1.82) is 0 Å². The third kappa shape index (κ3) is 3.32. The summed E-state index contributed by atoms with van der Waals surface area (Å²) in [6, 6.07) is 15.1. The number of fused-ring (bicyclic) bond motifs is 5. The molecule has 2 amide bonds. The predicted molar refractivity (Wildman–Crippen MR) is 117 cm³/mol. The van der Waals surface area contributed by atoms with Gasteiger partial charge in [0.2, 0.25) is 5.91 Å². The Hall–Kier alpha value is -3.35. The molecule has 32 heavy (non-hydrogen) atoms. The summed E-state index contributed by atoms with van der Waals surface area (Å²) in [6.45, 7) is 1.80. The Morgan fingerprint density at radius 1 is 1.06 bits per heavy atom. The van der Waals surface area contributed by atoms with Crippen LogP contribution in [0.4, 0.5) is 4.79 Å². The van der Waals surface area contributed by atoms with Gasteiger partial charge in [-0.15, -0.1) is 0 Å². The molecule has 3 aliphatic rings. The number of nitrogens with one attached hydrogen (secondary N) is 1. The molecule has 0 spiro atoms. The van der Waals surface area contributed by atoms with Crippen LogP contribution < -0.4 is 5.32 Å². The first-order chi connectivity index (χ1) is 15.5. The average Bonchev–Trinajstić information content (AvgIpc) is 3.47. The van der Waals surface area contributed by atoms with E-state index in [1.807, 2.05) is 24.3 Å². The van der Waals surface area contributed by atoms with Crippen molar-refractivity contribution in [2.24, 2.45) is 5.92 Å². The fourth-order valence-corrected chi connectivity index (χ4v) is 5.70. The van der Waals surface area contributed by atoms with E-state index < -0.39 is 24.0 Å². The van der Waals surface area contributed by atoms with Gasteiger partial charge in [0.1, 0.15) is 12.6 Å². The summed E-state index contributed by atoms with van der Waals surface area (Å²) in [6.07, 6.45) is 1.36. The van der Waals surface area contributed by atoms with Gasteiger partial charge < -0.3 is 20.1 Å². The van der Waals surface area contributed by atoms with Crippen molar-refractivity contribution < 1.29 is 24.2 Å². The van der Waals surface area contributed by atoms with Crippen LogP contribution in [0.15, 0.2) is 48.5 Å². The number of carbonyl (C=O) groups excluding carboxylic acids is 2. The van der Waals surface area contributed by atoms with Crippen LogP contribution in [0.1, 0.15) is 43.2 Å². The summed E-state index contributed by atoms with van der Waals surface area (Å²) in [5, 5.41) is 12.0. The van der Waals surface area contributed by atoms with Gasteiger partial charge in [-0.25, -0.2) is 4.79 Å². The Morgan fingerprint density at radius 3 is 2.28 bits per heavy atom. The number of aliphatic carboxylic acids is 1. The third-order valence-corrected chi connectivity index (χ3v) is 7.16. The second-order valence-electron chi connectivity index (χ2n) is 8.92. The number of alkyl carbamates (subject to hydrolysis) is 1. The van der Waals surface area contributed by atoms with Crippen LogP contribution in [-0.4, -0.2) is 52.7 Å². The number of ether oxygens (including phenoxy) is 1.